The number of hydrogen-bond acceptors (Lipinski definition) is 4. The zero-order valence-electron chi connectivity index (χ0n) is 9.95. The number of nitrogens with zero attached hydrogens (tertiary/aromatic N) is 1. The second-order valence-electron chi connectivity index (χ2n) is 4.04. The van der Waals surface area contributed by atoms with Gasteiger partial charge in [0.05, 0.1) is 18.5 Å². The number of ketones is 1. The van der Waals surface area contributed by atoms with Gasteiger partial charge >= 0.3 is 0 Å². The molecule has 2 nitrogen and oxygen atoms in total. The van der Waals surface area contributed by atoms with E-state index in [0.717, 1.165) is 28.9 Å². The Morgan fingerprint density at radius 2 is 2.11 bits per heavy atom. The molecule has 19 heavy (non-hydrogen) atoms. The standard InChI is InChI=1S/C12H10Br2ClNOS2/c1-16(5-7-2-3-11(15)18-7)6-9(17)8-4-10(13)19-12(8)14/h2-4H,5-6H2,1H3. The summed E-state index contributed by atoms with van der Waals surface area (Å²) in [5, 5.41) is 0. The third kappa shape index (κ3) is 4.37. The summed E-state index contributed by atoms with van der Waals surface area (Å²) in [6.07, 6.45) is 0. The van der Waals surface area contributed by atoms with E-state index in [4.69, 9.17) is 11.6 Å². The number of carbonyl (C=O) groups excluding carboxylic acids is 1. The molecule has 0 unspecified atom stereocenters. The molecule has 0 radical (unpaired) electrons. The van der Waals surface area contributed by atoms with Crippen LogP contribution in [0.3, 0.4) is 0 Å². The van der Waals surface area contributed by atoms with Crippen LogP contribution in [0.15, 0.2) is 25.8 Å². The molecule has 0 aliphatic rings. The Morgan fingerprint density at radius 1 is 1.37 bits per heavy atom. The van der Waals surface area contributed by atoms with Gasteiger partial charge in [0.15, 0.2) is 5.78 Å². The fourth-order valence-corrected chi connectivity index (χ4v) is 5.64. The van der Waals surface area contributed by atoms with Crippen LogP contribution in [-0.4, -0.2) is 24.3 Å². The number of likely N-dealkylation sites (N-methyl/N-ethyl adjacent to an activating group) is 1. The van der Waals surface area contributed by atoms with Crippen LogP contribution in [-0.2, 0) is 6.54 Å². The molecule has 2 aromatic heterocycles. The lowest BCUT2D eigenvalue weighted by Crippen LogP contribution is -2.25. The van der Waals surface area contributed by atoms with Crippen molar-refractivity contribution in [2.24, 2.45) is 0 Å². The highest BCUT2D eigenvalue weighted by Gasteiger charge is 2.16. The average molecular weight is 444 g/mol. The summed E-state index contributed by atoms with van der Waals surface area (Å²) >= 11 is 15.7. The molecule has 0 bridgehead atoms. The second-order valence-corrected chi connectivity index (χ2v) is 9.59. The minimum atomic E-state index is 0.110. The van der Waals surface area contributed by atoms with Crippen LogP contribution in [0.1, 0.15) is 15.2 Å². The lowest BCUT2D eigenvalue weighted by molar-refractivity contribution is 0.0943. The monoisotopic (exact) mass is 441 g/mol. The van der Waals surface area contributed by atoms with Gasteiger partial charge in [-0.1, -0.05) is 11.6 Å². The Balaban J connectivity index is 1.97. The van der Waals surface area contributed by atoms with E-state index in [0.29, 0.717) is 6.54 Å². The summed E-state index contributed by atoms with van der Waals surface area (Å²) in [4.78, 5) is 15.3. The van der Waals surface area contributed by atoms with Gasteiger partial charge in [0, 0.05) is 17.0 Å². The molecule has 7 heteroatoms. The third-order valence-corrected chi connectivity index (χ3v) is 5.98. The Labute approximate surface area is 141 Å². The Bertz CT molecular complexity index is 596. The quantitative estimate of drug-likeness (QED) is 0.584. The molecular weight excluding hydrogens is 434 g/mol. The van der Waals surface area contributed by atoms with E-state index in [1.54, 1.807) is 11.3 Å². The summed E-state index contributed by atoms with van der Waals surface area (Å²) in [6, 6.07) is 5.72. The maximum Gasteiger partial charge on any atom is 0.178 e. The Morgan fingerprint density at radius 3 is 2.63 bits per heavy atom. The maximum absolute atomic E-state index is 12.2. The van der Waals surface area contributed by atoms with Crippen LogP contribution in [0, 0.1) is 0 Å². The predicted molar refractivity (Wildman–Crippen MR) is 89.7 cm³/mol. The molecular formula is C12H10Br2ClNOS2. The molecule has 0 aliphatic heterocycles. The van der Waals surface area contributed by atoms with Crippen LogP contribution >= 0.6 is 66.1 Å². The zero-order valence-corrected chi connectivity index (χ0v) is 15.5. The molecule has 0 spiro atoms. The molecule has 0 saturated heterocycles. The molecule has 0 amide bonds. The van der Waals surface area contributed by atoms with Gasteiger partial charge in [0.25, 0.3) is 0 Å². The minimum absolute atomic E-state index is 0.110. The first-order valence-electron chi connectivity index (χ1n) is 5.36. The first-order chi connectivity index (χ1) is 8.95. The zero-order chi connectivity index (χ0) is 14.0. The number of halogens is 3. The van der Waals surface area contributed by atoms with Crippen molar-refractivity contribution in [3.63, 3.8) is 0 Å². The van der Waals surface area contributed by atoms with E-state index in [1.165, 1.54) is 11.3 Å². The molecule has 0 atom stereocenters. The highest BCUT2D eigenvalue weighted by atomic mass is 79.9. The molecule has 0 aliphatic carbocycles. The molecule has 102 valence electrons. The topological polar surface area (TPSA) is 20.3 Å². The number of thiophene rings is 2. The number of rotatable bonds is 5. The molecule has 0 fully saturated rings. The van der Waals surface area contributed by atoms with Gasteiger partial charge in [-0.25, -0.2) is 0 Å². The van der Waals surface area contributed by atoms with E-state index in [-0.39, 0.29) is 5.78 Å². The van der Waals surface area contributed by atoms with Crippen molar-refractivity contribution in [2.45, 2.75) is 6.54 Å². The van der Waals surface area contributed by atoms with Crippen molar-refractivity contribution in [3.8, 4) is 0 Å². The van der Waals surface area contributed by atoms with Crippen molar-refractivity contribution >= 4 is 71.9 Å². The van der Waals surface area contributed by atoms with Crippen molar-refractivity contribution in [2.75, 3.05) is 13.6 Å². The van der Waals surface area contributed by atoms with E-state index >= 15 is 0 Å². The van der Waals surface area contributed by atoms with E-state index in [2.05, 4.69) is 31.9 Å². The fourth-order valence-electron chi connectivity index (χ4n) is 1.62. The fraction of sp³-hybridized carbons (Fsp3) is 0.250. The summed E-state index contributed by atoms with van der Waals surface area (Å²) < 4.78 is 2.60. The van der Waals surface area contributed by atoms with Crippen LogP contribution in [0.4, 0.5) is 0 Å². The highest BCUT2D eigenvalue weighted by molar-refractivity contribution is 9.12. The van der Waals surface area contributed by atoms with E-state index in [9.17, 15) is 4.79 Å². The second kappa shape index (κ2) is 6.83. The van der Waals surface area contributed by atoms with Gasteiger partial charge in [-0.05, 0) is 57.1 Å². The summed E-state index contributed by atoms with van der Waals surface area (Å²) in [5.74, 6) is 0.110. The SMILES string of the molecule is CN(CC(=O)c1cc(Br)sc1Br)Cc1ccc(Cl)s1. The smallest absolute Gasteiger partial charge is 0.178 e. The molecule has 0 N–H and O–H groups in total. The summed E-state index contributed by atoms with van der Waals surface area (Å²) in [5.41, 5.74) is 0.730. The van der Waals surface area contributed by atoms with Crippen molar-refractivity contribution in [3.05, 3.63) is 40.5 Å². The van der Waals surface area contributed by atoms with E-state index in [1.807, 2.05) is 30.1 Å². The third-order valence-electron chi connectivity index (χ3n) is 2.43. The molecule has 0 aromatic carbocycles. The van der Waals surface area contributed by atoms with E-state index < -0.39 is 0 Å². The molecule has 2 rings (SSSR count). The lowest BCUT2D eigenvalue weighted by atomic mass is 10.2. The number of hydrogen-bond donors (Lipinski definition) is 0. The largest absolute Gasteiger partial charge is 0.294 e. The maximum atomic E-state index is 12.2. The van der Waals surface area contributed by atoms with Gasteiger partial charge in [-0.15, -0.1) is 22.7 Å². The van der Waals surface area contributed by atoms with Gasteiger partial charge in [-0.3, -0.25) is 9.69 Å². The summed E-state index contributed by atoms with van der Waals surface area (Å²) in [6.45, 7) is 1.11. The van der Waals surface area contributed by atoms with Gasteiger partial charge in [0.2, 0.25) is 0 Å². The minimum Gasteiger partial charge on any atom is -0.294 e. The molecule has 2 heterocycles. The van der Waals surface area contributed by atoms with Crippen LogP contribution in [0.25, 0.3) is 0 Å². The molecule has 2 aromatic rings. The predicted octanol–water partition coefficient (Wildman–Crippen LogP) is 5.30. The van der Waals surface area contributed by atoms with Gasteiger partial charge in [-0.2, -0.15) is 0 Å². The van der Waals surface area contributed by atoms with Crippen LogP contribution in [0.5, 0.6) is 0 Å². The number of carbonyl (C=O) groups is 1. The first kappa shape index (κ1) is 15.7. The normalized spacial score (nSPS) is 11.2. The van der Waals surface area contributed by atoms with Crippen molar-refractivity contribution in [1.82, 2.24) is 4.90 Å². The van der Waals surface area contributed by atoms with Crippen molar-refractivity contribution < 1.29 is 4.79 Å². The van der Waals surface area contributed by atoms with Crippen LogP contribution < -0.4 is 0 Å². The molecule has 0 saturated carbocycles. The summed E-state index contributed by atoms with van der Waals surface area (Å²) in [7, 11) is 1.93. The lowest BCUT2D eigenvalue weighted by Gasteiger charge is -2.14. The van der Waals surface area contributed by atoms with Gasteiger partial charge < -0.3 is 0 Å². The number of Topliss-reactive ketones (excluding diaryl/α,β-unsaturated/α-hetero) is 1. The Hall–Kier alpha value is 0.280. The Kier molecular flexibility index (Phi) is 5.63. The van der Waals surface area contributed by atoms with Crippen LogP contribution in [0.2, 0.25) is 4.34 Å². The average Bonchev–Trinajstić information content (AvgIpc) is 2.84. The first-order valence-corrected chi connectivity index (χ1v) is 8.96. The van der Waals surface area contributed by atoms with Gasteiger partial charge in [0.1, 0.15) is 0 Å². The highest BCUT2D eigenvalue weighted by Crippen LogP contribution is 2.32. The van der Waals surface area contributed by atoms with Crippen molar-refractivity contribution in [1.29, 1.82) is 0 Å².